The van der Waals surface area contributed by atoms with Gasteiger partial charge in [-0.15, -0.1) is 0 Å². The molecule has 0 aliphatic carbocycles. The van der Waals surface area contributed by atoms with Crippen molar-refractivity contribution in [2.24, 2.45) is 28.7 Å². The van der Waals surface area contributed by atoms with Gasteiger partial charge >= 0.3 is 61.0 Å². The first kappa shape index (κ1) is 60.7. The maximum atomic E-state index is 11.7. The molecule has 43 heavy (non-hydrogen) atoms. The summed E-state index contributed by atoms with van der Waals surface area (Å²) in [5.41, 5.74) is 24.2. The second-order valence-corrected chi connectivity index (χ2v) is 5.91. The molecule has 0 rings (SSSR count). The van der Waals surface area contributed by atoms with Crippen molar-refractivity contribution in [3.05, 3.63) is 0 Å². The molecule has 0 saturated heterocycles. The van der Waals surface area contributed by atoms with Crippen LogP contribution in [0.5, 0.6) is 0 Å². The van der Waals surface area contributed by atoms with Crippen LogP contribution in [0.25, 0.3) is 0 Å². The normalized spacial score (nSPS) is 10.9. The zero-order chi connectivity index (χ0) is 37.7. The summed E-state index contributed by atoms with van der Waals surface area (Å²) >= 11 is 3.03. The fourth-order valence-electron chi connectivity index (χ4n) is 0.612. The minimum atomic E-state index is -6.64. The standard InChI is InChI=1S/2C4HF7O2.5C2H7N.ClH.Co/c2*5-2(6,1(12)13)3(7,8)4(9,10)11;5*1-2-3;;/h2*(H,12,13);5*2-3H2,1H3;1H;/q;;;;;;;;+3/p-3. The van der Waals surface area contributed by atoms with Crippen LogP contribution >= 0.6 is 10.1 Å². The Balaban J connectivity index is -0.0000000627. The molecule has 0 amide bonds. The Labute approximate surface area is 250 Å². The average molecular weight is 746 g/mol. The Kier molecular flexibility index (Phi) is 43.2. The van der Waals surface area contributed by atoms with Gasteiger partial charge in [0.25, 0.3) is 0 Å². The van der Waals surface area contributed by atoms with E-state index in [1.807, 2.05) is 34.6 Å². The second kappa shape index (κ2) is 30.6. The van der Waals surface area contributed by atoms with Gasteiger partial charge in [-0.1, -0.05) is 34.6 Å². The third kappa shape index (κ3) is 27.8. The number of carbonyl (C=O) groups is 2. The molecule has 9 nitrogen and oxygen atoms in total. The monoisotopic (exact) mass is 745 g/mol. The molecule has 10 N–H and O–H groups in total. The summed E-state index contributed by atoms with van der Waals surface area (Å²) in [6, 6.07) is 0. The molecule has 0 aromatic carbocycles. The molecule has 0 spiro atoms. The minimum absolute atomic E-state index is 0.750. The van der Waals surface area contributed by atoms with Crippen LogP contribution in [-0.2, 0) is 24.4 Å². The van der Waals surface area contributed by atoms with Crippen LogP contribution in [0.4, 0.5) is 61.5 Å². The van der Waals surface area contributed by atoms with E-state index < -0.39 is 48.0 Å². The molecule has 0 bridgehead atoms. The van der Waals surface area contributed by atoms with Crippen LogP contribution in [-0.4, -0.2) is 80.7 Å². The molecule has 0 aromatic rings. The van der Waals surface area contributed by atoms with E-state index >= 15 is 0 Å². The topological polar surface area (TPSA) is 210 Å². The summed E-state index contributed by atoms with van der Waals surface area (Å²) in [6.07, 6.45) is -13.3. The first-order valence-corrected chi connectivity index (χ1v) is 12.1. The number of halogens is 15. The fraction of sp³-hybridized carbons (Fsp3) is 0.889. The van der Waals surface area contributed by atoms with Gasteiger partial charge in [0.15, 0.2) is 0 Å². The molecule has 25 heteroatoms. The van der Waals surface area contributed by atoms with E-state index in [1.54, 1.807) is 0 Å². The molecule has 0 saturated carbocycles. The first-order valence-electron chi connectivity index (χ1n) is 10.7. The summed E-state index contributed by atoms with van der Waals surface area (Å²) < 4.78 is 160. The number of aliphatic carboxylic acids is 2. The van der Waals surface area contributed by atoms with E-state index in [-0.39, 0.29) is 0 Å². The molecule has 0 unspecified atom stereocenters. The van der Waals surface area contributed by atoms with Crippen LogP contribution in [0.15, 0.2) is 0 Å². The van der Waals surface area contributed by atoms with Crippen LogP contribution < -0.4 is 38.9 Å². The maximum absolute atomic E-state index is 11.7. The molecule has 270 valence electrons. The molecule has 0 heterocycles. The zero-order valence-electron chi connectivity index (χ0n) is 23.1. The van der Waals surface area contributed by atoms with Crippen molar-refractivity contribution >= 4 is 22.1 Å². The predicted molar refractivity (Wildman–Crippen MR) is 121 cm³/mol. The summed E-state index contributed by atoms with van der Waals surface area (Å²) in [5.74, 6) is -33.4. The van der Waals surface area contributed by atoms with Crippen molar-refractivity contribution < 1.29 is 96.1 Å². The van der Waals surface area contributed by atoms with Gasteiger partial charge in [-0.25, -0.2) is 0 Å². The number of alkyl halides is 14. The zero-order valence-corrected chi connectivity index (χ0v) is 24.9. The van der Waals surface area contributed by atoms with E-state index in [0.29, 0.717) is 0 Å². The van der Waals surface area contributed by atoms with Crippen molar-refractivity contribution in [1.82, 2.24) is 0 Å². The summed E-state index contributed by atoms with van der Waals surface area (Å²) in [7, 11) is 4.33. The Morgan fingerprint density at radius 2 is 0.581 bits per heavy atom. The SMILES string of the molecule is CCN.CCN.CCN.CCN.CCN.O=C([O-])C(F)(F)C(F)(F)C(F)(F)F.O=C([O-])C(F)(F)C(F)(F)C(F)(F)F.[Cl][Co+2]. The average Bonchev–Trinajstić information content (AvgIpc) is 2.81. The van der Waals surface area contributed by atoms with Crippen LogP contribution in [0.3, 0.4) is 0 Å². The second-order valence-electron chi connectivity index (χ2n) is 5.91. The van der Waals surface area contributed by atoms with Gasteiger partial charge in [-0.05, 0) is 32.7 Å². The number of rotatable bonds is 4. The fourth-order valence-corrected chi connectivity index (χ4v) is 0.612. The first-order chi connectivity index (χ1) is 19.0. The summed E-state index contributed by atoms with van der Waals surface area (Å²) in [6.45, 7) is 13.3. The summed E-state index contributed by atoms with van der Waals surface area (Å²) in [4.78, 5) is 18.5. The van der Waals surface area contributed by atoms with Gasteiger partial charge < -0.3 is 48.5 Å². The Morgan fingerprint density at radius 3 is 0.605 bits per heavy atom. The Hall–Kier alpha value is -1.44. The number of carboxylic acids is 2. The van der Waals surface area contributed by atoms with Crippen LogP contribution in [0.1, 0.15) is 34.6 Å². The predicted octanol–water partition coefficient (Wildman–Crippen LogP) is 1.65. The third-order valence-electron chi connectivity index (χ3n) is 2.01. The van der Waals surface area contributed by atoms with E-state index in [1.165, 1.54) is 0 Å². The molecule has 0 aliphatic heterocycles. The number of carboxylic acid groups (broad SMARTS) is 2. The van der Waals surface area contributed by atoms with Gasteiger partial charge in [-0.2, -0.15) is 61.5 Å². The van der Waals surface area contributed by atoms with Crippen molar-refractivity contribution in [2.75, 3.05) is 32.7 Å². The van der Waals surface area contributed by atoms with Crippen LogP contribution in [0.2, 0.25) is 0 Å². The van der Waals surface area contributed by atoms with Gasteiger partial charge in [0, 0.05) is 0 Å². The van der Waals surface area contributed by atoms with Gasteiger partial charge in [0.2, 0.25) is 0 Å². The Bertz CT molecular complexity index is 590. The van der Waals surface area contributed by atoms with E-state index in [9.17, 15) is 81.3 Å². The van der Waals surface area contributed by atoms with Crippen molar-refractivity contribution in [2.45, 2.75) is 70.7 Å². The molecule has 0 radical (unpaired) electrons. The third-order valence-corrected chi connectivity index (χ3v) is 2.01. The van der Waals surface area contributed by atoms with Crippen molar-refractivity contribution in [3.63, 3.8) is 0 Å². The van der Waals surface area contributed by atoms with E-state index in [0.717, 1.165) is 32.7 Å². The van der Waals surface area contributed by atoms with Crippen molar-refractivity contribution in [3.8, 4) is 0 Å². The number of hydrogen-bond acceptors (Lipinski definition) is 9. The quantitative estimate of drug-likeness (QED) is 0.265. The van der Waals surface area contributed by atoms with Crippen LogP contribution in [0, 0.1) is 0 Å². The molecular weight excluding hydrogens is 711 g/mol. The molecule has 0 atom stereocenters. The Morgan fingerprint density at radius 1 is 0.488 bits per heavy atom. The molecular formula is C18H35ClCoF14N5O4. The molecule has 0 aliphatic rings. The molecule has 0 aromatic heterocycles. The van der Waals surface area contributed by atoms with E-state index in [2.05, 4.69) is 25.0 Å². The number of hydrogen-bond donors (Lipinski definition) is 5. The van der Waals surface area contributed by atoms with E-state index in [4.69, 9.17) is 28.7 Å². The van der Waals surface area contributed by atoms with Crippen molar-refractivity contribution in [1.29, 1.82) is 0 Å². The number of nitrogens with two attached hydrogens (primary N) is 5. The van der Waals surface area contributed by atoms with Gasteiger partial charge in [0.1, 0.15) is 11.9 Å². The van der Waals surface area contributed by atoms with Gasteiger partial charge in [0.05, 0.1) is 0 Å². The summed E-state index contributed by atoms with van der Waals surface area (Å²) in [5, 5.41) is 18.5. The van der Waals surface area contributed by atoms with Gasteiger partial charge in [-0.3, -0.25) is 0 Å². The molecule has 0 fully saturated rings. The number of carbonyl (C=O) groups excluding carboxylic acids is 2.